The van der Waals surface area contributed by atoms with Gasteiger partial charge in [-0.15, -0.1) is 11.3 Å². The summed E-state index contributed by atoms with van der Waals surface area (Å²) in [6, 6.07) is 15.3. The lowest BCUT2D eigenvalue weighted by Gasteiger charge is -2.14. The van der Waals surface area contributed by atoms with Crippen LogP contribution in [0.5, 0.6) is 0 Å². The molecule has 2 aromatic heterocycles. The molecule has 2 N–H and O–H groups in total. The summed E-state index contributed by atoms with van der Waals surface area (Å²) in [6.45, 7) is 2.12. The van der Waals surface area contributed by atoms with Gasteiger partial charge in [0.1, 0.15) is 0 Å². The van der Waals surface area contributed by atoms with Crippen molar-refractivity contribution in [3.8, 4) is 0 Å². The van der Waals surface area contributed by atoms with E-state index >= 15 is 0 Å². The molecular weight excluding hydrogens is 322 g/mol. The number of nitrogens with one attached hydrogen (secondary N) is 2. The molecule has 24 heavy (non-hydrogen) atoms. The highest BCUT2D eigenvalue weighted by Crippen LogP contribution is 2.31. The van der Waals surface area contributed by atoms with E-state index in [1.54, 1.807) is 23.6 Å². The highest BCUT2D eigenvalue weighted by molar-refractivity contribution is 7.10. The number of pyridine rings is 1. The molecular formula is C18H18N3O2S+. The number of H-pyrrole nitrogens is 1. The molecule has 0 bridgehead atoms. The first-order valence-corrected chi connectivity index (χ1v) is 8.61. The Balaban J connectivity index is 1.99. The van der Waals surface area contributed by atoms with Crippen LogP contribution in [-0.2, 0) is 6.42 Å². The van der Waals surface area contributed by atoms with Crippen LogP contribution in [0, 0.1) is 10.1 Å². The van der Waals surface area contributed by atoms with Crippen molar-refractivity contribution in [3.05, 3.63) is 86.2 Å². The number of aromatic amines is 1. The van der Waals surface area contributed by atoms with E-state index in [4.69, 9.17) is 0 Å². The van der Waals surface area contributed by atoms with Gasteiger partial charge >= 0.3 is 11.5 Å². The predicted molar refractivity (Wildman–Crippen MR) is 95.3 cm³/mol. The highest BCUT2D eigenvalue weighted by Gasteiger charge is 2.26. The fourth-order valence-corrected chi connectivity index (χ4v) is 3.36. The third-order valence-electron chi connectivity index (χ3n) is 3.87. The summed E-state index contributed by atoms with van der Waals surface area (Å²) in [4.78, 5) is 14.9. The molecule has 0 saturated heterocycles. The average Bonchev–Trinajstić information content (AvgIpc) is 3.14. The molecule has 0 spiro atoms. The van der Waals surface area contributed by atoms with Gasteiger partial charge in [0, 0.05) is 11.6 Å². The Kier molecular flexibility index (Phi) is 4.86. The van der Waals surface area contributed by atoms with Gasteiger partial charge in [0.15, 0.2) is 6.04 Å². The Bertz CT molecular complexity index is 817. The first-order valence-electron chi connectivity index (χ1n) is 7.73. The Morgan fingerprint density at radius 3 is 2.62 bits per heavy atom. The van der Waals surface area contributed by atoms with Crippen molar-refractivity contribution in [2.24, 2.45) is 0 Å². The number of aryl methyl sites for hydroxylation is 1. The van der Waals surface area contributed by atoms with Gasteiger partial charge in [-0.2, -0.15) is 0 Å². The van der Waals surface area contributed by atoms with Crippen molar-refractivity contribution in [1.29, 1.82) is 0 Å². The van der Waals surface area contributed by atoms with E-state index in [-0.39, 0.29) is 16.7 Å². The Morgan fingerprint density at radius 1 is 1.21 bits per heavy atom. The molecule has 3 rings (SSSR count). The number of hydrogen-bond acceptors (Lipinski definition) is 4. The quantitative estimate of drug-likeness (QED) is 0.539. The van der Waals surface area contributed by atoms with E-state index in [1.165, 1.54) is 11.6 Å². The van der Waals surface area contributed by atoms with Gasteiger partial charge in [0.05, 0.1) is 16.0 Å². The van der Waals surface area contributed by atoms with Crippen molar-refractivity contribution < 1.29 is 9.91 Å². The van der Waals surface area contributed by atoms with Gasteiger partial charge in [0.2, 0.25) is 0 Å². The number of thiophene rings is 1. The number of benzene rings is 1. The van der Waals surface area contributed by atoms with Gasteiger partial charge in [-0.05, 0) is 29.5 Å². The van der Waals surface area contributed by atoms with Crippen molar-refractivity contribution in [2.45, 2.75) is 19.4 Å². The Morgan fingerprint density at radius 2 is 2.00 bits per heavy atom. The second-order valence-electron chi connectivity index (χ2n) is 5.38. The summed E-state index contributed by atoms with van der Waals surface area (Å²) < 4.78 is 0. The van der Waals surface area contributed by atoms with Crippen LogP contribution in [-0.4, -0.2) is 4.92 Å². The lowest BCUT2D eigenvalue weighted by molar-refractivity contribution is -0.409. The zero-order valence-electron chi connectivity index (χ0n) is 13.2. The average molecular weight is 340 g/mol. The Labute approximate surface area is 144 Å². The predicted octanol–water partition coefficient (Wildman–Crippen LogP) is 4.23. The van der Waals surface area contributed by atoms with Gasteiger partial charge in [-0.3, -0.25) is 15.4 Å². The second kappa shape index (κ2) is 7.23. The molecule has 122 valence electrons. The summed E-state index contributed by atoms with van der Waals surface area (Å²) in [6.07, 6.45) is 2.66. The monoisotopic (exact) mass is 340 g/mol. The molecule has 0 aliphatic heterocycles. The summed E-state index contributed by atoms with van der Waals surface area (Å²) in [5, 5.41) is 16.6. The van der Waals surface area contributed by atoms with E-state index < -0.39 is 0 Å². The lowest BCUT2D eigenvalue weighted by atomic mass is 10.0. The molecule has 0 radical (unpaired) electrons. The third kappa shape index (κ3) is 3.44. The van der Waals surface area contributed by atoms with Crippen molar-refractivity contribution in [1.82, 2.24) is 0 Å². The minimum absolute atomic E-state index is 0.0317. The zero-order chi connectivity index (χ0) is 16.9. The highest BCUT2D eigenvalue weighted by atomic mass is 32.1. The number of rotatable bonds is 6. The molecule has 2 heterocycles. The first kappa shape index (κ1) is 16.1. The Hall–Kier alpha value is -2.73. The third-order valence-corrected chi connectivity index (χ3v) is 4.81. The van der Waals surface area contributed by atoms with Crippen LogP contribution in [0.1, 0.15) is 29.0 Å². The number of anilines is 1. The number of nitrogens with zero attached hydrogens (tertiary/aromatic N) is 1. The van der Waals surface area contributed by atoms with Crippen molar-refractivity contribution >= 4 is 22.8 Å². The smallest absolute Gasteiger partial charge is 0.258 e. The van der Waals surface area contributed by atoms with Crippen LogP contribution in [0.4, 0.5) is 11.5 Å². The largest absolute Gasteiger partial charge is 0.357 e. The van der Waals surface area contributed by atoms with Crippen LogP contribution in [0.3, 0.4) is 0 Å². The van der Waals surface area contributed by atoms with Gasteiger partial charge in [0.25, 0.3) is 0 Å². The summed E-state index contributed by atoms with van der Waals surface area (Å²) in [5.41, 5.74) is 2.37. The van der Waals surface area contributed by atoms with Crippen molar-refractivity contribution in [3.63, 3.8) is 0 Å². The molecule has 5 nitrogen and oxygen atoms in total. The normalized spacial score (nSPS) is 11.9. The van der Waals surface area contributed by atoms with E-state index in [9.17, 15) is 10.1 Å². The van der Waals surface area contributed by atoms with Gasteiger partial charge in [-0.1, -0.05) is 37.3 Å². The second-order valence-corrected chi connectivity index (χ2v) is 6.35. The number of aromatic nitrogens is 1. The van der Waals surface area contributed by atoms with E-state index in [1.807, 2.05) is 17.5 Å². The molecule has 0 aliphatic rings. The van der Waals surface area contributed by atoms with E-state index in [0.717, 1.165) is 16.9 Å². The van der Waals surface area contributed by atoms with E-state index in [2.05, 4.69) is 41.5 Å². The molecule has 1 aromatic carbocycles. The summed E-state index contributed by atoms with van der Waals surface area (Å²) in [7, 11) is 0. The van der Waals surface area contributed by atoms with Crippen LogP contribution >= 0.6 is 11.3 Å². The fraction of sp³-hybridized carbons (Fsp3) is 0.167. The first-order chi connectivity index (χ1) is 11.7. The maximum atomic E-state index is 11.3. The molecule has 0 fully saturated rings. The molecule has 0 unspecified atom stereocenters. The maximum Gasteiger partial charge on any atom is 0.357 e. The van der Waals surface area contributed by atoms with Gasteiger partial charge < -0.3 is 0 Å². The molecule has 0 saturated carbocycles. The number of nitro groups is 1. The number of hydrogen-bond donors (Lipinski definition) is 1. The summed E-state index contributed by atoms with van der Waals surface area (Å²) >= 11 is 1.62. The molecule has 1 atom stereocenters. The van der Waals surface area contributed by atoms with Crippen molar-refractivity contribution in [2.75, 3.05) is 5.32 Å². The van der Waals surface area contributed by atoms with E-state index in [0.29, 0.717) is 5.82 Å². The minimum atomic E-state index is -0.384. The lowest BCUT2D eigenvalue weighted by Crippen LogP contribution is -2.19. The SMILES string of the molecule is CCc1ccc([C@H](Nc2[nH+]cccc2[N+](=O)[O-])c2cccs2)cc1. The zero-order valence-corrected chi connectivity index (χ0v) is 14.0. The fourth-order valence-electron chi connectivity index (χ4n) is 2.56. The van der Waals surface area contributed by atoms with Crippen LogP contribution < -0.4 is 10.3 Å². The van der Waals surface area contributed by atoms with Crippen LogP contribution in [0.2, 0.25) is 0 Å². The van der Waals surface area contributed by atoms with Gasteiger partial charge in [-0.25, -0.2) is 4.98 Å². The molecule has 3 aromatic rings. The van der Waals surface area contributed by atoms with Crippen LogP contribution in [0.15, 0.2) is 60.1 Å². The van der Waals surface area contributed by atoms with Crippen LogP contribution in [0.25, 0.3) is 0 Å². The maximum absolute atomic E-state index is 11.3. The summed E-state index contributed by atoms with van der Waals surface area (Å²) in [5.74, 6) is 0.403. The minimum Gasteiger partial charge on any atom is -0.258 e. The molecule has 0 amide bonds. The standard InChI is InChI=1S/C18H17N3O2S/c1-2-13-7-9-14(10-8-13)17(16-6-4-12-24-16)20-18-15(21(22)23)5-3-11-19-18/h3-12,17H,2H2,1H3,(H,19,20)/p+1/t17-/m0/s1. The molecule has 0 aliphatic carbocycles. The molecule has 6 heteroatoms. The topological polar surface area (TPSA) is 69.3 Å².